The SMILES string of the molecule is Cc1ccc(NC(=O)N2CCC[C@@H]2c2nc(-c3ccc(Cl)cc3)no2)cc1. The fourth-order valence-electron chi connectivity index (χ4n) is 3.19. The van der Waals surface area contributed by atoms with Gasteiger partial charge in [-0.3, -0.25) is 0 Å². The van der Waals surface area contributed by atoms with Crippen LogP contribution < -0.4 is 5.32 Å². The van der Waals surface area contributed by atoms with E-state index < -0.39 is 0 Å². The summed E-state index contributed by atoms with van der Waals surface area (Å²) < 4.78 is 5.46. The Morgan fingerprint density at radius 3 is 2.67 bits per heavy atom. The molecule has 0 unspecified atom stereocenters. The second-order valence-corrected chi connectivity index (χ2v) is 7.05. The van der Waals surface area contributed by atoms with Crippen molar-refractivity contribution < 1.29 is 9.32 Å². The van der Waals surface area contributed by atoms with Gasteiger partial charge in [0.15, 0.2) is 0 Å². The van der Waals surface area contributed by atoms with Crippen molar-refractivity contribution in [3.05, 3.63) is 65.0 Å². The number of rotatable bonds is 3. The number of urea groups is 1. The first kappa shape index (κ1) is 17.5. The molecule has 0 bridgehead atoms. The van der Waals surface area contributed by atoms with Gasteiger partial charge in [0.1, 0.15) is 6.04 Å². The number of halogens is 1. The van der Waals surface area contributed by atoms with Gasteiger partial charge in [-0.25, -0.2) is 4.79 Å². The quantitative estimate of drug-likeness (QED) is 0.686. The minimum absolute atomic E-state index is 0.160. The fraction of sp³-hybridized carbons (Fsp3) is 0.250. The molecule has 1 saturated heterocycles. The van der Waals surface area contributed by atoms with Gasteiger partial charge in [0, 0.05) is 22.8 Å². The van der Waals surface area contributed by atoms with Crippen LogP contribution in [-0.4, -0.2) is 27.6 Å². The normalized spacial score (nSPS) is 16.5. The molecule has 1 fully saturated rings. The van der Waals surface area contributed by atoms with E-state index in [1.54, 1.807) is 17.0 Å². The molecular weight excluding hydrogens is 364 g/mol. The number of nitrogens with zero attached hydrogens (tertiary/aromatic N) is 3. The first-order valence-electron chi connectivity index (χ1n) is 8.84. The number of aryl methyl sites for hydroxylation is 1. The fourth-order valence-corrected chi connectivity index (χ4v) is 3.31. The van der Waals surface area contributed by atoms with Crippen LogP contribution in [0.25, 0.3) is 11.4 Å². The van der Waals surface area contributed by atoms with Gasteiger partial charge in [-0.15, -0.1) is 0 Å². The molecule has 27 heavy (non-hydrogen) atoms. The van der Waals surface area contributed by atoms with Crippen LogP contribution in [0.5, 0.6) is 0 Å². The van der Waals surface area contributed by atoms with Crippen molar-refractivity contribution in [1.82, 2.24) is 15.0 Å². The lowest BCUT2D eigenvalue weighted by Gasteiger charge is -2.22. The lowest BCUT2D eigenvalue weighted by atomic mass is 10.2. The zero-order chi connectivity index (χ0) is 18.8. The van der Waals surface area contributed by atoms with Crippen molar-refractivity contribution in [2.75, 3.05) is 11.9 Å². The largest absolute Gasteiger partial charge is 0.337 e. The molecule has 0 spiro atoms. The molecule has 4 rings (SSSR count). The Morgan fingerprint density at radius 2 is 1.93 bits per heavy atom. The summed E-state index contributed by atoms with van der Waals surface area (Å²) in [5.41, 5.74) is 2.74. The van der Waals surface area contributed by atoms with Gasteiger partial charge in [-0.1, -0.05) is 34.5 Å². The van der Waals surface area contributed by atoms with Crippen LogP contribution in [0, 0.1) is 6.92 Å². The molecule has 3 aromatic rings. The van der Waals surface area contributed by atoms with E-state index in [1.807, 2.05) is 43.3 Å². The van der Waals surface area contributed by atoms with Gasteiger partial charge in [-0.05, 0) is 56.2 Å². The number of anilines is 1. The maximum absolute atomic E-state index is 12.7. The van der Waals surface area contributed by atoms with Gasteiger partial charge in [0.2, 0.25) is 11.7 Å². The molecule has 1 aliphatic rings. The van der Waals surface area contributed by atoms with E-state index in [-0.39, 0.29) is 12.1 Å². The highest BCUT2D eigenvalue weighted by Crippen LogP contribution is 2.32. The van der Waals surface area contributed by atoms with Gasteiger partial charge in [-0.2, -0.15) is 4.98 Å². The van der Waals surface area contributed by atoms with Crippen molar-refractivity contribution in [1.29, 1.82) is 0 Å². The van der Waals surface area contributed by atoms with E-state index in [4.69, 9.17) is 16.1 Å². The summed E-state index contributed by atoms with van der Waals surface area (Å²) in [4.78, 5) is 19.0. The minimum atomic E-state index is -0.219. The molecule has 0 saturated carbocycles. The number of carbonyl (C=O) groups excluding carboxylic acids is 1. The molecule has 6 nitrogen and oxygen atoms in total. The average Bonchev–Trinajstić information content (AvgIpc) is 3.33. The van der Waals surface area contributed by atoms with E-state index in [1.165, 1.54) is 0 Å². The van der Waals surface area contributed by atoms with Crippen molar-refractivity contribution in [3.8, 4) is 11.4 Å². The molecular formula is C20H19ClN4O2. The molecule has 1 N–H and O–H groups in total. The van der Waals surface area contributed by atoms with Crippen LogP contribution in [-0.2, 0) is 0 Å². The van der Waals surface area contributed by atoms with E-state index in [2.05, 4.69) is 15.5 Å². The predicted octanol–water partition coefficient (Wildman–Crippen LogP) is 5.07. The first-order valence-corrected chi connectivity index (χ1v) is 9.22. The molecule has 1 aliphatic heterocycles. The zero-order valence-electron chi connectivity index (χ0n) is 14.9. The first-order chi connectivity index (χ1) is 13.1. The van der Waals surface area contributed by atoms with Crippen LogP contribution in [0.15, 0.2) is 53.1 Å². The lowest BCUT2D eigenvalue weighted by Crippen LogP contribution is -2.34. The number of amides is 2. The van der Waals surface area contributed by atoms with Crippen molar-refractivity contribution in [2.45, 2.75) is 25.8 Å². The van der Waals surface area contributed by atoms with Crippen LogP contribution in [0.4, 0.5) is 10.5 Å². The molecule has 2 aromatic carbocycles. The highest BCUT2D eigenvalue weighted by Gasteiger charge is 2.34. The zero-order valence-corrected chi connectivity index (χ0v) is 15.6. The minimum Gasteiger partial charge on any atom is -0.337 e. The highest BCUT2D eigenvalue weighted by molar-refractivity contribution is 6.30. The number of nitrogens with one attached hydrogen (secondary N) is 1. The Balaban J connectivity index is 1.50. The lowest BCUT2D eigenvalue weighted by molar-refractivity contribution is 0.193. The van der Waals surface area contributed by atoms with Gasteiger partial charge < -0.3 is 14.7 Å². The third kappa shape index (κ3) is 3.80. The maximum atomic E-state index is 12.7. The Labute approximate surface area is 162 Å². The molecule has 0 radical (unpaired) electrons. The number of hydrogen-bond acceptors (Lipinski definition) is 4. The summed E-state index contributed by atoms with van der Waals surface area (Å²) in [6.45, 7) is 2.66. The van der Waals surface area contributed by atoms with E-state index in [9.17, 15) is 4.79 Å². The molecule has 2 amide bonds. The summed E-state index contributed by atoms with van der Waals surface area (Å²) in [7, 11) is 0. The molecule has 138 valence electrons. The second kappa shape index (κ2) is 7.40. The van der Waals surface area contributed by atoms with E-state index >= 15 is 0 Å². The predicted molar refractivity (Wildman–Crippen MR) is 104 cm³/mol. The summed E-state index contributed by atoms with van der Waals surface area (Å²) in [5, 5.41) is 7.65. The topological polar surface area (TPSA) is 71.3 Å². The molecule has 7 heteroatoms. The Morgan fingerprint density at radius 1 is 1.19 bits per heavy atom. The van der Waals surface area contributed by atoms with Gasteiger partial charge in [0.05, 0.1) is 0 Å². The Bertz CT molecular complexity index is 937. The summed E-state index contributed by atoms with van der Waals surface area (Å²) >= 11 is 5.92. The maximum Gasteiger partial charge on any atom is 0.322 e. The smallest absolute Gasteiger partial charge is 0.322 e. The second-order valence-electron chi connectivity index (χ2n) is 6.61. The van der Waals surface area contributed by atoms with E-state index in [0.29, 0.717) is 23.3 Å². The molecule has 2 heterocycles. The average molecular weight is 383 g/mol. The monoisotopic (exact) mass is 382 g/mol. The summed E-state index contributed by atoms with van der Waals surface area (Å²) in [6, 6.07) is 14.6. The van der Waals surface area contributed by atoms with E-state index in [0.717, 1.165) is 29.7 Å². The summed E-state index contributed by atoms with van der Waals surface area (Å²) in [6.07, 6.45) is 1.69. The third-order valence-corrected chi connectivity index (χ3v) is 4.90. The molecule has 1 aromatic heterocycles. The van der Waals surface area contributed by atoms with Crippen LogP contribution in [0.1, 0.15) is 30.3 Å². The summed E-state index contributed by atoms with van der Waals surface area (Å²) in [5.74, 6) is 0.948. The van der Waals surface area contributed by atoms with Crippen LogP contribution >= 0.6 is 11.6 Å². The number of benzene rings is 2. The van der Waals surface area contributed by atoms with Gasteiger partial charge in [0.25, 0.3) is 0 Å². The molecule has 1 atom stereocenters. The number of aromatic nitrogens is 2. The van der Waals surface area contributed by atoms with Gasteiger partial charge >= 0.3 is 6.03 Å². The van der Waals surface area contributed by atoms with Crippen LogP contribution in [0.3, 0.4) is 0 Å². The van der Waals surface area contributed by atoms with Crippen molar-refractivity contribution in [2.24, 2.45) is 0 Å². The number of hydrogen-bond donors (Lipinski definition) is 1. The Kier molecular flexibility index (Phi) is 4.81. The third-order valence-electron chi connectivity index (χ3n) is 4.65. The van der Waals surface area contributed by atoms with Crippen molar-refractivity contribution in [3.63, 3.8) is 0 Å². The number of carbonyl (C=O) groups is 1. The van der Waals surface area contributed by atoms with Crippen molar-refractivity contribution >= 4 is 23.3 Å². The van der Waals surface area contributed by atoms with Crippen LogP contribution in [0.2, 0.25) is 5.02 Å². The Hall–Kier alpha value is -2.86. The number of likely N-dealkylation sites (tertiary alicyclic amines) is 1. The standard InChI is InChI=1S/C20H19ClN4O2/c1-13-4-10-16(11-5-13)22-20(26)25-12-2-3-17(25)19-23-18(24-27-19)14-6-8-15(21)9-7-14/h4-11,17H,2-3,12H2,1H3,(H,22,26)/t17-/m1/s1. The molecule has 0 aliphatic carbocycles. The highest BCUT2D eigenvalue weighted by atomic mass is 35.5.